The fraction of sp³-hybridized carbons (Fsp3) is 0.961. The molecule has 3 saturated carbocycles. The summed E-state index contributed by atoms with van der Waals surface area (Å²) in [5.41, 5.74) is 1.25. The molecule has 6 heterocycles. The van der Waals surface area contributed by atoms with Crippen LogP contribution in [0, 0.1) is 46.3 Å². The maximum Gasteiger partial charge on any atom is 0.187 e. The van der Waals surface area contributed by atoms with Gasteiger partial charge in [-0.2, -0.15) is 0 Å². The van der Waals surface area contributed by atoms with E-state index in [-0.39, 0.29) is 22.7 Å². The number of hydrogen-bond acceptors (Lipinski definition) is 22. The van der Waals surface area contributed by atoms with E-state index in [1.54, 1.807) is 0 Å². The van der Waals surface area contributed by atoms with Crippen LogP contribution in [0.3, 0.4) is 0 Å². The number of nitrogens with one attached hydrogen (secondary N) is 1. The first-order chi connectivity index (χ1) is 34.7. The highest BCUT2D eigenvalue weighted by atomic mass is 16.8. The van der Waals surface area contributed by atoms with Gasteiger partial charge in [-0.1, -0.05) is 39.3 Å². The van der Waals surface area contributed by atoms with Crippen LogP contribution in [-0.4, -0.2) is 228 Å². The van der Waals surface area contributed by atoms with Crippen molar-refractivity contribution in [1.82, 2.24) is 5.32 Å². The van der Waals surface area contributed by atoms with Gasteiger partial charge in [-0.25, -0.2) is 0 Å². The standard InChI is InChI=1S/C51H83NO21/c1-20-8-13-51(52-16-20)21(2)32-28(73-51)15-27-25-7-6-23-14-24(9-11-49(23,4)26(25)10-12-50(27,32)5)66-46-41(64)42(36(59)31(19-55)67-46)70-47-44(39(62)35(58)29(17-53)68-47)72-48-43(38(61)34(57)30(18-54)69-48)71-45-40(63)37(60)33(56)22(3)65-45/h6,20-22,24-48,52-64H,7-19H2,1-5H3/t20-,21-,22-,24+,25+,26-,27-,28-,29-,30-,31-,32-,33+,34-,35-,36-,37-,38+,39-,40+,41-,42-,43-,44+,45-,46-,47+,48-,49-,50+,51-/m1/s1. The van der Waals surface area contributed by atoms with Gasteiger partial charge in [0.1, 0.15) is 97.3 Å². The molecule has 31 atom stereocenters. The summed E-state index contributed by atoms with van der Waals surface area (Å²) in [5, 5.41) is 134. The first kappa shape index (κ1) is 55.2. The molecule has 9 fully saturated rings. The molecular weight excluding hydrogens is 963 g/mol. The molecule has 10 aliphatic rings. The van der Waals surface area contributed by atoms with E-state index in [1.165, 1.54) is 18.9 Å². The quantitative estimate of drug-likeness (QED) is 0.0961. The molecule has 4 aliphatic carbocycles. The number of ether oxygens (including phenoxy) is 9. The van der Waals surface area contributed by atoms with Crippen molar-refractivity contribution in [2.75, 3.05) is 26.4 Å². The van der Waals surface area contributed by atoms with Gasteiger partial charge in [0.15, 0.2) is 25.2 Å². The maximum absolute atomic E-state index is 12.0. The summed E-state index contributed by atoms with van der Waals surface area (Å²) in [6.45, 7) is 9.64. The molecule has 6 saturated heterocycles. The highest BCUT2D eigenvalue weighted by Crippen LogP contribution is 2.70. The molecule has 22 nitrogen and oxygen atoms in total. The van der Waals surface area contributed by atoms with E-state index >= 15 is 0 Å². The summed E-state index contributed by atoms with van der Waals surface area (Å²) in [7, 11) is 0. The smallest absolute Gasteiger partial charge is 0.187 e. The summed E-state index contributed by atoms with van der Waals surface area (Å²) < 4.78 is 55.1. The van der Waals surface area contributed by atoms with Crippen LogP contribution < -0.4 is 5.32 Å². The number of allylic oxidation sites excluding steroid dienone is 1. The minimum absolute atomic E-state index is 0.0527. The lowest BCUT2D eigenvalue weighted by molar-refractivity contribution is -0.403. The van der Waals surface area contributed by atoms with Crippen LogP contribution in [0.2, 0.25) is 0 Å². The summed E-state index contributed by atoms with van der Waals surface area (Å²) >= 11 is 0. The monoisotopic (exact) mass is 1050 g/mol. The van der Waals surface area contributed by atoms with Crippen molar-refractivity contribution in [2.24, 2.45) is 46.3 Å². The van der Waals surface area contributed by atoms with Gasteiger partial charge in [-0.3, -0.25) is 5.32 Å². The topological polar surface area (TPSA) is 338 Å². The zero-order chi connectivity index (χ0) is 52.2. The van der Waals surface area contributed by atoms with Crippen LogP contribution in [0.1, 0.15) is 92.4 Å². The first-order valence-corrected chi connectivity index (χ1v) is 27.0. The van der Waals surface area contributed by atoms with Gasteiger partial charge < -0.3 is 104 Å². The largest absolute Gasteiger partial charge is 0.394 e. The van der Waals surface area contributed by atoms with Crippen LogP contribution in [0.4, 0.5) is 0 Å². The number of aliphatic hydroxyl groups excluding tert-OH is 12. The summed E-state index contributed by atoms with van der Waals surface area (Å²) in [5.74, 6) is 3.22. The highest BCUT2D eigenvalue weighted by molar-refractivity contribution is 5.27. The first-order valence-electron chi connectivity index (χ1n) is 27.0. The van der Waals surface area contributed by atoms with Gasteiger partial charge in [0.05, 0.1) is 38.1 Å². The SMILES string of the molecule is C[C@@H]1CC[C@@]2(NC1)O[C@@H]1C[C@@H]3[C@H]4CC=C5C[C@@H](O[C@@H]6O[C@H](CO)[C@@H](O)[C@@H](O[C@@H]7O[C@H](CO)[C@@H](O)[C@@H](O)[C@@H]7O[C@H]7O[C@H](CO)[C@@H](O)[C@H](O)[C@H]7O[C@H]7O[C@H](C)[C@H](O)[C@@H](O)[C@@H]7O)[C@H]6O)CC[C@@]5(C)[C@@H]4CC[C@]3(C)[C@@H]1[C@H]2C. The molecule has 0 unspecified atom stereocenters. The van der Waals surface area contributed by atoms with Crippen molar-refractivity contribution in [3.63, 3.8) is 0 Å². The van der Waals surface area contributed by atoms with E-state index in [4.69, 9.17) is 42.6 Å². The Kier molecular flexibility index (Phi) is 16.0. The molecule has 0 aromatic carbocycles. The Balaban J connectivity index is 0.833. The molecular formula is C51H83NO21. The zero-order valence-electron chi connectivity index (χ0n) is 42.5. The second kappa shape index (κ2) is 21.2. The van der Waals surface area contributed by atoms with Gasteiger partial charge in [0.25, 0.3) is 0 Å². The van der Waals surface area contributed by atoms with Gasteiger partial charge in [-0.15, -0.1) is 0 Å². The van der Waals surface area contributed by atoms with E-state index in [0.717, 1.165) is 45.1 Å². The highest BCUT2D eigenvalue weighted by Gasteiger charge is 2.68. The molecule has 418 valence electrons. The third kappa shape index (κ3) is 9.42. The second-order valence-corrected chi connectivity index (χ2v) is 24.0. The van der Waals surface area contributed by atoms with Crippen molar-refractivity contribution in [3.05, 3.63) is 11.6 Å². The van der Waals surface area contributed by atoms with Crippen LogP contribution in [0.5, 0.6) is 0 Å². The molecule has 22 heteroatoms. The average molecular weight is 1050 g/mol. The van der Waals surface area contributed by atoms with Gasteiger partial charge in [0.2, 0.25) is 0 Å². The van der Waals surface area contributed by atoms with Crippen LogP contribution in [0.25, 0.3) is 0 Å². The Morgan fingerprint density at radius 3 is 1.79 bits per heavy atom. The Hall–Kier alpha value is -1.14. The van der Waals surface area contributed by atoms with E-state index < -0.39 is 149 Å². The zero-order valence-corrected chi connectivity index (χ0v) is 42.5. The van der Waals surface area contributed by atoms with Crippen molar-refractivity contribution >= 4 is 0 Å². The van der Waals surface area contributed by atoms with Crippen LogP contribution in [-0.2, 0) is 42.6 Å². The summed E-state index contributed by atoms with van der Waals surface area (Å²) in [6, 6.07) is 0. The average Bonchev–Trinajstić information content (AvgIpc) is 3.82. The lowest BCUT2D eigenvalue weighted by atomic mass is 9.47. The van der Waals surface area contributed by atoms with Crippen molar-refractivity contribution < 1.29 is 104 Å². The molecule has 0 bridgehead atoms. The normalized spacial score (nSPS) is 57.1. The van der Waals surface area contributed by atoms with Crippen molar-refractivity contribution in [3.8, 4) is 0 Å². The minimum atomic E-state index is -1.99. The maximum atomic E-state index is 12.0. The van der Waals surface area contributed by atoms with Crippen molar-refractivity contribution in [2.45, 2.75) is 233 Å². The van der Waals surface area contributed by atoms with E-state index in [1.807, 2.05) is 0 Å². The number of piperidine rings is 1. The van der Waals surface area contributed by atoms with E-state index in [0.29, 0.717) is 48.3 Å². The third-order valence-corrected chi connectivity index (χ3v) is 20.0. The second-order valence-electron chi connectivity index (χ2n) is 24.0. The third-order valence-electron chi connectivity index (χ3n) is 20.0. The molecule has 0 aromatic rings. The lowest BCUT2D eigenvalue weighted by Gasteiger charge is -2.59. The molecule has 1 spiro atoms. The Bertz CT molecular complexity index is 1930. The van der Waals surface area contributed by atoms with Gasteiger partial charge in [-0.05, 0) is 105 Å². The molecule has 73 heavy (non-hydrogen) atoms. The molecule has 0 amide bonds. The molecule has 0 aromatic heterocycles. The fourth-order valence-electron chi connectivity index (χ4n) is 15.7. The van der Waals surface area contributed by atoms with E-state index in [2.05, 4.69) is 39.1 Å². The predicted molar refractivity (Wildman–Crippen MR) is 249 cm³/mol. The molecule has 6 aliphatic heterocycles. The minimum Gasteiger partial charge on any atom is -0.394 e. The molecule has 10 rings (SSSR count). The van der Waals surface area contributed by atoms with Crippen LogP contribution in [0.15, 0.2) is 11.6 Å². The Morgan fingerprint density at radius 2 is 1.18 bits per heavy atom. The Labute approximate surface area is 425 Å². The molecule has 0 radical (unpaired) electrons. The Morgan fingerprint density at radius 1 is 0.589 bits per heavy atom. The molecule has 13 N–H and O–H groups in total. The summed E-state index contributed by atoms with van der Waals surface area (Å²) in [6.07, 6.45) is -23.2. The van der Waals surface area contributed by atoms with Gasteiger partial charge in [0, 0.05) is 12.5 Å². The predicted octanol–water partition coefficient (Wildman–Crippen LogP) is -2.39. The van der Waals surface area contributed by atoms with E-state index in [9.17, 15) is 61.3 Å². The summed E-state index contributed by atoms with van der Waals surface area (Å²) in [4.78, 5) is 0. The fourth-order valence-corrected chi connectivity index (χ4v) is 15.7. The number of rotatable bonds is 11. The van der Waals surface area contributed by atoms with Gasteiger partial charge >= 0.3 is 0 Å². The van der Waals surface area contributed by atoms with Crippen LogP contribution >= 0.6 is 0 Å². The number of hydrogen-bond donors (Lipinski definition) is 13. The lowest BCUT2D eigenvalue weighted by Crippen LogP contribution is -2.68. The number of fused-ring (bicyclic) bond motifs is 7. The van der Waals surface area contributed by atoms with Crippen molar-refractivity contribution in [1.29, 1.82) is 0 Å². The number of aliphatic hydroxyl groups is 12.